The average molecular weight is 290 g/mol. The highest BCUT2D eigenvalue weighted by Crippen LogP contribution is 2.04. The van der Waals surface area contributed by atoms with Crippen molar-refractivity contribution in [3.63, 3.8) is 0 Å². The van der Waals surface area contributed by atoms with Crippen LogP contribution in [0.1, 0.15) is 18.9 Å². The van der Waals surface area contributed by atoms with E-state index in [-0.39, 0.29) is 5.75 Å². The van der Waals surface area contributed by atoms with E-state index in [2.05, 4.69) is 4.72 Å². The summed E-state index contributed by atoms with van der Waals surface area (Å²) < 4.78 is 25.8. The zero-order valence-electron chi connectivity index (χ0n) is 10.1. The maximum Gasteiger partial charge on any atom is 0.239 e. The molecule has 1 atom stereocenters. The van der Waals surface area contributed by atoms with Crippen LogP contribution in [-0.2, 0) is 21.2 Å². The van der Waals surface area contributed by atoms with E-state index in [4.69, 9.17) is 11.6 Å². The first-order chi connectivity index (χ1) is 8.44. The summed E-state index contributed by atoms with van der Waals surface area (Å²) in [6, 6.07) is 8.46. The molecule has 0 bridgehead atoms. The lowest BCUT2D eigenvalue weighted by Gasteiger charge is -2.12. The summed E-state index contributed by atoms with van der Waals surface area (Å²) in [5, 5.41) is -0.680. The van der Waals surface area contributed by atoms with Crippen molar-refractivity contribution in [2.45, 2.75) is 25.8 Å². The molecule has 4 nitrogen and oxygen atoms in total. The fourth-order valence-electron chi connectivity index (χ4n) is 1.46. The molecule has 0 saturated carbocycles. The number of carbonyl (C=O) groups is 1. The second kappa shape index (κ2) is 6.87. The van der Waals surface area contributed by atoms with Gasteiger partial charge in [0.15, 0.2) is 0 Å². The standard InChI is InChI=1S/C12H16ClNO3S/c1-2-11(12(13)15)14-18(16,17)9-8-10-6-4-3-5-7-10/h3-7,11,14H,2,8-9H2,1H3. The third kappa shape index (κ3) is 5.16. The first kappa shape index (κ1) is 15.1. The topological polar surface area (TPSA) is 63.2 Å². The Labute approximate surface area is 112 Å². The maximum atomic E-state index is 11.8. The number of halogens is 1. The lowest BCUT2D eigenvalue weighted by molar-refractivity contribution is -0.113. The van der Waals surface area contributed by atoms with E-state index in [9.17, 15) is 13.2 Å². The fourth-order valence-corrected chi connectivity index (χ4v) is 3.07. The highest BCUT2D eigenvalue weighted by atomic mass is 35.5. The Balaban J connectivity index is 2.57. The summed E-state index contributed by atoms with van der Waals surface area (Å²) in [6.45, 7) is 1.70. The molecule has 1 aromatic carbocycles. The van der Waals surface area contributed by atoms with Gasteiger partial charge in [0, 0.05) is 0 Å². The molecule has 0 aliphatic rings. The maximum absolute atomic E-state index is 11.8. The molecule has 0 aliphatic carbocycles. The third-order valence-electron chi connectivity index (χ3n) is 2.51. The molecule has 0 heterocycles. The van der Waals surface area contributed by atoms with Crippen LogP contribution in [0.5, 0.6) is 0 Å². The molecule has 0 spiro atoms. The van der Waals surface area contributed by atoms with Crippen molar-refractivity contribution in [2.75, 3.05) is 5.75 Å². The first-order valence-corrected chi connectivity index (χ1v) is 7.71. The number of aryl methyl sites for hydroxylation is 1. The van der Waals surface area contributed by atoms with Gasteiger partial charge < -0.3 is 0 Å². The predicted octanol–water partition coefficient (Wildman–Crippen LogP) is 1.69. The summed E-state index contributed by atoms with van der Waals surface area (Å²) in [5.41, 5.74) is 0.938. The van der Waals surface area contributed by atoms with Gasteiger partial charge in [-0.25, -0.2) is 13.1 Å². The SMILES string of the molecule is CCC(NS(=O)(=O)CCc1ccccc1)C(=O)Cl. The number of rotatable bonds is 7. The summed E-state index contributed by atoms with van der Waals surface area (Å²) in [4.78, 5) is 11.0. The molecular weight excluding hydrogens is 274 g/mol. The molecule has 0 aliphatic heterocycles. The summed E-state index contributed by atoms with van der Waals surface area (Å²) in [6.07, 6.45) is 0.746. The minimum atomic E-state index is -3.49. The lowest BCUT2D eigenvalue weighted by atomic mass is 10.2. The summed E-state index contributed by atoms with van der Waals surface area (Å²) in [7, 11) is -3.49. The van der Waals surface area contributed by atoms with E-state index in [0.717, 1.165) is 5.56 Å². The Morgan fingerprint density at radius 1 is 1.33 bits per heavy atom. The van der Waals surface area contributed by atoms with Gasteiger partial charge in [-0.1, -0.05) is 37.3 Å². The Kier molecular flexibility index (Phi) is 5.78. The molecule has 0 saturated heterocycles. The van der Waals surface area contributed by atoms with E-state index in [1.165, 1.54) is 0 Å². The van der Waals surface area contributed by atoms with Gasteiger partial charge in [-0.3, -0.25) is 4.79 Å². The Bertz CT molecular complexity index is 487. The van der Waals surface area contributed by atoms with Crippen molar-refractivity contribution in [3.05, 3.63) is 35.9 Å². The van der Waals surface area contributed by atoms with Crippen LogP contribution in [0, 0.1) is 0 Å². The number of sulfonamides is 1. The Morgan fingerprint density at radius 3 is 2.44 bits per heavy atom. The normalized spacial score (nSPS) is 13.2. The second-order valence-corrected chi connectivity index (χ2v) is 6.18. The molecule has 18 heavy (non-hydrogen) atoms. The summed E-state index contributed by atoms with van der Waals surface area (Å²) >= 11 is 5.30. The molecule has 0 radical (unpaired) electrons. The number of nitrogens with one attached hydrogen (secondary N) is 1. The zero-order chi connectivity index (χ0) is 13.6. The van der Waals surface area contributed by atoms with Gasteiger partial charge >= 0.3 is 0 Å². The van der Waals surface area contributed by atoms with Crippen molar-refractivity contribution >= 4 is 26.9 Å². The van der Waals surface area contributed by atoms with Gasteiger partial charge in [0.1, 0.15) is 0 Å². The van der Waals surface area contributed by atoms with E-state index in [0.29, 0.717) is 12.8 Å². The number of hydrogen-bond acceptors (Lipinski definition) is 3. The molecule has 6 heteroatoms. The number of benzene rings is 1. The molecular formula is C12H16ClNO3S. The predicted molar refractivity (Wildman–Crippen MR) is 72.0 cm³/mol. The minimum Gasteiger partial charge on any atom is -0.279 e. The van der Waals surface area contributed by atoms with Crippen LogP contribution in [0.25, 0.3) is 0 Å². The van der Waals surface area contributed by atoms with Gasteiger partial charge in [-0.05, 0) is 30.0 Å². The zero-order valence-corrected chi connectivity index (χ0v) is 11.7. The smallest absolute Gasteiger partial charge is 0.239 e. The van der Waals surface area contributed by atoms with E-state index < -0.39 is 21.3 Å². The monoisotopic (exact) mass is 289 g/mol. The fraction of sp³-hybridized carbons (Fsp3) is 0.417. The van der Waals surface area contributed by atoms with E-state index in [1.807, 2.05) is 30.3 Å². The summed E-state index contributed by atoms with van der Waals surface area (Å²) in [5.74, 6) is -0.0579. The molecule has 0 fully saturated rings. The van der Waals surface area contributed by atoms with Crippen LogP contribution in [0.4, 0.5) is 0 Å². The van der Waals surface area contributed by atoms with Crippen LogP contribution >= 0.6 is 11.6 Å². The highest BCUT2D eigenvalue weighted by molar-refractivity contribution is 7.89. The molecule has 1 N–H and O–H groups in total. The van der Waals surface area contributed by atoms with Crippen LogP contribution in [0.3, 0.4) is 0 Å². The van der Waals surface area contributed by atoms with Crippen LogP contribution in [-0.4, -0.2) is 25.5 Å². The van der Waals surface area contributed by atoms with Gasteiger partial charge in [0.2, 0.25) is 15.3 Å². The minimum absolute atomic E-state index is 0.0579. The Hall–Kier alpha value is -0.910. The van der Waals surface area contributed by atoms with Gasteiger partial charge in [-0.2, -0.15) is 0 Å². The van der Waals surface area contributed by atoms with Crippen LogP contribution in [0.15, 0.2) is 30.3 Å². The lowest BCUT2D eigenvalue weighted by Crippen LogP contribution is -2.40. The number of hydrogen-bond donors (Lipinski definition) is 1. The first-order valence-electron chi connectivity index (χ1n) is 5.68. The van der Waals surface area contributed by atoms with Gasteiger partial charge in [-0.15, -0.1) is 0 Å². The van der Waals surface area contributed by atoms with Crippen molar-refractivity contribution in [1.82, 2.24) is 4.72 Å². The largest absolute Gasteiger partial charge is 0.279 e. The molecule has 1 rings (SSSR count). The molecule has 1 unspecified atom stereocenters. The third-order valence-corrected chi connectivity index (χ3v) is 4.15. The van der Waals surface area contributed by atoms with Gasteiger partial charge in [0.05, 0.1) is 11.8 Å². The second-order valence-electron chi connectivity index (χ2n) is 3.94. The van der Waals surface area contributed by atoms with Gasteiger partial charge in [0.25, 0.3) is 0 Å². The molecule has 0 amide bonds. The van der Waals surface area contributed by atoms with Crippen molar-refractivity contribution in [2.24, 2.45) is 0 Å². The molecule has 0 aromatic heterocycles. The average Bonchev–Trinajstić information content (AvgIpc) is 2.35. The Morgan fingerprint density at radius 2 is 1.94 bits per heavy atom. The molecule has 1 aromatic rings. The van der Waals surface area contributed by atoms with Crippen LogP contribution < -0.4 is 4.72 Å². The van der Waals surface area contributed by atoms with Crippen molar-refractivity contribution < 1.29 is 13.2 Å². The van der Waals surface area contributed by atoms with Crippen molar-refractivity contribution in [1.29, 1.82) is 0 Å². The highest BCUT2D eigenvalue weighted by Gasteiger charge is 2.21. The van der Waals surface area contributed by atoms with Crippen molar-refractivity contribution in [3.8, 4) is 0 Å². The van der Waals surface area contributed by atoms with Crippen LogP contribution in [0.2, 0.25) is 0 Å². The number of carbonyl (C=O) groups excluding carboxylic acids is 1. The van der Waals surface area contributed by atoms with E-state index in [1.54, 1.807) is 6.92 Å². The quantitative estimate of drug-likeness (QED) is 0.777. The van der Waals surface area contributed by atoms with E-state index >= 15 is 0 Å². The molecule has 100 valence electrons.